The number of hydrogen-bond donors (Lipinski definition) is 0. The number of benzene rings is 1. The smallest absolute Gasteiger partial charge is 0.253 e. The molecule has 124 valence electrons. The lowest BCUT2D eigenvalue weighted by molar-refractivity contribution is 0.00995. The number of rotatable bonds is 3. The highest BCUT2D eigenvalue weighted by molar-refractivity contribution is 5.94. The van der Waals surface area contributed by atoms with Gasteiger partial charge >= 0.3 is 0 Å². The van der Waals surface area contributed by atoms with Crippen molar-refractivity contribution >= 4 is 5.91 Å². The number of aromatic nitrogens is 1. The Bertz CT molecular complexity index is 707. The van der Waals surface area contributed by atoms with Crippen molar-refractivity contribution in [3.05, 3.63) is 60.4 Å². The van der Waals surface area contributed by atoms with Gasteiger partial charge in [-0.3, -0.25) is 9.78 Å². The second-order valence-corrected chi connectivity index (χ2v) is 6.47. The van der Waals surface area contributed by atoms with Gasteiger partial charge in [0.2, 0.25) is 0 Å². The average molecular weight is 324 g/mol. The van der Waals surface area contributed by atoms with Crippen LogP contribution in [0.1, 0.15) is 23.2 Å². The molecule has 2 aromatic rings. The van der Waals surface area contributed by atoms with Crippen molar-refractivity contribution in [1.29, 1.82) is 0 Å². The van der Waals surface area contributed by atoms with E-state index in [-0.39, 0.29) is 17.6 Å². The lowest BCUT2D eigenvalue weighted by Crippen LogP contribution is -2.36. The van der Waals surface area contributed by atoms with Gasteiger partial charge in [-0.15, -0.1) is 0 Å². The van der Waals surface area contributed by atoms with E-state index in [9.17, 15) is 4.79 Å². The molecule has 1 amide bonds. The molecule has 0 radical (unpaired) electrons. The molecule has 2 saturated heterocycles. The topological polar surface area (TPSA) is 51.7 Å². The first-order valence-electron chi connectivity index (χ1n) is 8.29. The third-order valence-electron chi connectivity index (χ3n) is 4.74. The number of carbonyl (C=O) groups is 1. The first-order chi connectivity index (χ1) is 11.7. The molecule has 1 spiro atoms. The van der Waals surface area contributed by atoms with Gasteiger partial charge in [0.05, 0.1) is 24.9 Å². The SMILES string of the molecule is O=C(c1ccccc1)N1CC[C@@]2(C[C@H](Oc3cccnc3)CO2)C1. The maximum absolute atomic E-state index is 12.6. The largest absolute Gasteiger partial charge is 0.486 e. The molecule has 2 atom stereocenters. The molecule has 2 fully saturated rings. The summed E-state index contributed by atoms with van der Waals surface area (Å²) in [5, 5.41) is 0. The molecule has 1 aromatic carbocycles. The number of pyridine rings is 1. The quantitative estimate of drug-likeness (QED) is 0.870. The Balaban J connectivity index is 1.39. The summed E-state index contributed by atoms with van der Waals surface area (Å²) in [7, 11) is 0. The standard InChI is InChI=1S/C19H20N2O3/c22-18(15-5-2-1-3-6-15)21-10-8-19(14-21)11-17(13-23-19)24-16-7-4-9-20-12-16/h1-7,9,12,17H,8,10-11,13-14H2/t17-,19+/m0/s1. The van der Waals surface area contributed by atoms with Gasteiger partial charge in [-0.05, 0) is 30.7 Å². The van der Waals surface area contributed by atoms with Crippen molar-refractivity contribution in [1.82, 2.24) is 9.88 Å². The summed E-state index contributed by atoms with van der Waals surface area (Å²) in [5.74, 6) is 0.839. The van der Waals surface area contributed by atoms with E-state index in [0.717, 1.165) is 30.7 Å². The van der Waals surface area contributed by atoms with Gasteiger partial charge in [-0.1, -0.05) is 18.2 Å². The van der Waals surface area contributed by atoms with Crippen LogP contribution in [-0.2, 0) is 4.74 Å². The van der Waals surface area contributed by atoms with E-state index in [1.807, 2.05) is 47.4 Å². The summed E-state index contributed by atoms with van der Waals surface area (Å²) in [6.07, 6.45) is 5.12. The summed E-state index contributed by atoms with van der Waals surface area (Å²) in [6.45, 7) is 1.92. The Morgan fingerprint density at radius 1 is 1.25 bits per heavy atom. The van der Waals surface area contributed by atoms with Crippen LogP contribution in [0.4, 0.5) is 0 Å². The van der Waals surface area contributed by atoms with Gasteiger partial charge in [0.15, 0.2) is 0 Å². The molecule has 5 nitrogen and oxygen atoms in total. The van der Waals surface area contributed by atoms with Gasteiger partial charge in [-0.25, -0.2) is 0 Å². The molecule has 4 rings (SSSR count). The van der Waals surface area contributed by atoms with E-state index in [2.05, 4.69) is 4.98 Å². The van der Waals surface area contributed by atoms with Crippen molar-refractivity contribution in [3.63, 3.8) is 0 Å². The highest BCUT2D eigenvalue weighted by atomic mass is 16.6. The van der Waals surface area contributed by atoms with Gasteiger partial charge in [-0.2, -0.15) is 0 Å². The number of nitrogens with zero attached hydrogens (tertiary/aromatic N) is 2. The van der Waals surface area contributed by atoms with E-state index in [4.69, 9.17) is 9.47 Å². The number of hydrogen-bond acceptors (Lipinski definition) is 4. The van der Waals surface area contributed by atoms with Crippen LogP contribution in [0.2, 0.25) is 0 Å². The van der Waals surface area contributed by atoms with Crippen molar-refractivity contribution < 1.29 is 14.3 Å². The highest BCUT2D eigenvalue weighted by Gasteiger charge is 2.47. The van der Waals surface area contributed by atoms with Crippen LogP contribution >= 0.6 is 0 Å². The number of amides is 1. The molecule has 0 unspecified atom stereocenters. The van der Waals surface area contributed by atoms with E-state index in [1.165, 1.54) is 0 Å². The van der Waals surface area contributed by atoms with Gasteiger partial charge in [0, 0.05) is 24.7 Å². The van der Waals surface area contributed by atoms with E-state index in [1.54, 1.807) is 12.4 Å². The Labute approximate surface area is 141 Å². The second kappa shape index (κ2) is 6.24. The fourth-order valence-electron chi connectivity index (χ4n) is 3.55. The summed E-state index contributed by atoms with van der Waals surface area (Å²) in [4.78, 5) is 18.5. The summed E-state index contributed by atoms with van der Waals surface area (Å²) < 4.78 is 12.0. The maximum atomic E-state index is 12.6. The first-order valence-corrected chi connectivity index (χ1v) is 8.29. The Morgan fingerprint density at radius 3 is 2.92 bits per heavy atom. The van der Waals surface area contributed by atoms with Crippen molar-refractivity contribution in [2.75, 3.05) is 19.7 Å². The minimum atomic E-state index is -0.267. The molecule has 0 bridgehead atoms. The van der Waals surface area contributed by atoms with E-state index in [0.29, 0.717) is 13.2 Å². The van der Waals surface area contributed by atoms with Crippen LogP contribution in [0, 0.1) is 0 Å². The third-order valence-corrected chi connectivity index (χ3v) is 4.74. The predicted molar refractivity (Wildman–Crippen MR) is 88.9 cm³/mol. The fourth-order valence-corrected chi connectivity index (χ4v) is 3.55. The van der Waals surface area contributed by atoms with Gasteiger partial charge in [0.1, 0.15) is 11.9 Å². The Morgan fingerprint density at radius 2 is 2.12 bits per heavy atom. The molecule has 0 aliphatic carbocycles. The molecule has 5 heteroatoms. The van der Waals surface area contributed by atoms with Crippen LogP contribution in [0.5, 0.6) is 5.75 Å². The number of carbonyl (C=O) groups excluding carboxylic acids is 1. The van der Waals surface area contributed by atoms with Crippen LogP contribution in [0.15, 0.2) is 54.9 Å². The molecular formula is C19H20N2O3. The lowest BCUT2D eigenvalue weighted by Gasteiger charge is -2.23. The second-order valence-electron chi connectivity index (χ2n) is 6.47. The van der Waals surface area contributed by atoms with Crippen molar-refractivity contribution in [2.45, 2.75) is 24.5 Å². The zero-order valence-corrected chi connectivity index (χ0v) is 13.4. The minimum Gasteiger partial charge on any atom is -0.486 e. The van der Waals surface area contributed by atoms with Crippen molar-refractivity contribution in [2.24, 2.45) is 0 Å². The monoisotopic (exact) mass is 324 g/mol. The van der Waals surface area contributed by atoms with E-state index < -0.39 is 0 Å². The molecular weight excluding hydrogens is 304 g/mol. The molecule has 2 aliphatic rings. The lowest BCUT2D eigenvalue weighted by atomic mass is 9.98. The molecule has 0 N–H and O–H groups in total. The summed E-state index contributed by atoms with van der Waals surface area (Å²) in [6, 6.07) is 13.2. The maximum Gasteiger partial charge on any atom is 0.253 e. The molecule has 24 heavy (non-hydrogen) atoms. The Kier molecular flexibility index (Phi) is 3.94. The fraction of sp³-hybridized carbons (Fsp3) is 0.368. The molecule has 0 saturated carbocycles. The predicted octanol–water partition coefficient (Wildman–Crippen LogP) is 2.53. The van der Waals surface area contributed by atoms with E-state index >= 15 is 0 Å². The van der Waals surface area contributed by atoms with Crippen LogP contribution in [0.25, 0.3) is 0 Å². The summed E-state index contributed by atoms with van der Waals surface area (Å²) >= 11 is 0. The normalized spacial score (nSPS) is 26.0. The molecule has 3 heterocycles. The van der Waals surface area contributed by atoms with Crippen LogP contribution in [0.3, 0.4) is 0 Å². The van der Waals surface area contributed by atoms with Crippen molar-refractivity contribution in [3.8, 4) is 5.75 Å². The average Bonchev–Trinajstić information content (AvgIpc) is 3.23. The zero-order chi connectivity index (χ0) is 16.4. The van der Waals surface area contributed by atoms with Gasteiger partial charge in [0.25, 0.3) is 5.91 Å². The molecule has 1 aromatic heterocycles. The summed E-state index contributed by atoms with van der Waals surface area (Å²) in [5.41, 5.74) is 0.466. The Hall–Kier alpha value is -2.40. The minimum absolute atomic E-state index is 0.0148. The van der Waals surface area contributed by atoms with Crippen LogP contribution < -0.4 is 4.74 Å². The zero-order valence-electron chi connectivity index (χ0n) is 13.4. The highest BCUT2D eigenvalue weighted by Crippen LogP contribution is 2.37. The van der Waals surface area contributed by atoms with Crippen LogP contribution in [-0.4, -0.2) is 47.2 Å². The molecule has 2 aliphatic heterocycles. The number of ether oxygens (including phenoxy) is 2. The first kappa shape index (κ1) is 15.1. The van der Waals surface area contributed by atoms with Gasteiger partial charge < -0.3 is 14.4 Å². The third kappa shape index (κ3) is 2.99. The number of likely N-dealkylation sites (tertiary alicyclic amines) is 1.